The minimum absolute atomic E-state index is 0.121. The van der Waals surface area contributed by atoms with Crippen LogP contribution >= 0.6 is 0 Å². The van der Waals surface area contributed by atoms with Crippen molar-refractivity contribution in [2.75, 3.05) is 7.11 Å². The van der Waals surface area contributed by atoms with Crippen LogP contribution in [-0.2, 0) is 11.2 Å². The number of carbonyl (C=O) groups is 1. The van der Waals surface area contributed by atoms with Crippen LogP contribution in [0, 0.1) is 11.6 Å². The number of rotatable bonds is 4. The highest BCUT2D eigenvalue weighted by atomic mass is 19.1. The molecule has 5 nitrogen and oxygen atoms in total. The molecule has 0 bridgehead atoms. The summed E-state index contributed by atoms with van der Waals surface area (Å²) >= 11 is 0. The number of aromatic nitrogens is 3. The van der Waals surface area contributed by atoms with Crippen LogP contribution in [0.5, 0.6) is 0 Å². The predicted octanol–water partition coefficient (Wildman–Crippen LogP) is 5.15. The summed E-state index contributed by atoms with van der Waals surface area (Å²) in [6.45, 7) is 1.91. The first-order valence-corrected chi connectivity index (χ1v) is 9.61. The first-order chi connectivity index (χ1) is 14.0. The van der Waals surface area contributed by atoms with E-state index >= 15 is 0 Å². The fourth-order valence-electron chi connectivity index (χ4n) is 3.89. The molecule has 7 heteroatoms. The predicted molar refractivity (Wildman–Crippen MR) is 106 cm³/mol. The zero-order valence-electron chi connectivity index (χ0n) is 16.1. The fraction of sp³-hybridized carbons (Fsp3) is 0.273. The number of aromatic amines is 1. The van der Waals surface area contributed by atoms with Gasteiger partial charge in [0.25, 0.3) is 0 Å². The number of aryl methyl sites for hydroxylation is 1. The lowest BCUT2D eigenvalue weighted by Crippen LogP contribution is -2.03. The number of methoxy groups -OCH3 is 1. The molecule has 1 fully saturated rings. The summed E-state index contributed by atoms with van der Waals surface area (Å²) in [6.07, 6.45) is 2.47. The molecule has 1 aliphatic rings. The van der Waals surface area contributed by atoms with Gasteiger partial charge in [-0.2, -0.15) is 0 Å². The normalized spacial score (nSPS) is 14.1. The van der Waals surface area contributed by atoms with E-state index in [4.69, 9.17) is 4.74 Å². The van der Waals surface area contributed by atoms with Crippen molar-refractivity contribution >= 4 is 27.9 Å². The van der Waals surface area contributed by atoms with Crippen molar-refractivity contribution in [1.82, 2.24) is 14.5 Å². The number of imidazole rings is 1. The molecular formula is C22H19F2N3O2. The maximum absolute atomic E-state index is 14.9. The van der Waals surface area contributed by atoms with Crippen LogP contribution in [0.2, 0.25) is 0 Å². The van der Waals surface area contributed by atoms with E-state index in [1.54, 1.807) is 12.1 Å². The summed E-state index contributed by atoms with van der Waals surface area (Å²) < 4.78 is 35.7. The molecule has 29 heavy (non-hydrogen) atoms. The fourth-order valence-corrected chi connectivity index (χ4v) is 3.89. The Bertz CT molecular complexity index is 1280. The van der Waals surface area contributed by atoms with Crippen molar-refractivity contribution in [3.63, 3.8) is 0 Å². The second-order valence-electron chi connectivity index (χ2n) is 7.42. The van der Waals surface area contributed by atoms with E-state index in [0.717, 1.165) is 23.7 Å². The number of esters is 1. The molecular weight excluding hydrogens is 376 g/mol. The number of fused-ring (bicyclic) bond motifs is 2. The smallest absolute Gasteiger partial charge is 0.338 e. The van der Waals surface area contributed by atoms with Gasteiger partial charge in [-0.15, -0.1) is 0 Å². The quantitative estimate of drug-likeness (QED) is 0.486. The number of carbonyl (C=O) groups excluding carboxylic acids is 1. The maximum Gasteiger partial charge on any atom is 0.338 e. The van der Waals surface area contributed by atoms with Crippen LogP contribution in [0.15, 0.2) is 30.3 Å². The molecule has 5 rings (SSSR count). The van der Waals surface area contributed by atoms with Crippen LogP contribution in [-0.4, -0.2) is 27.6 Å². The second kappa shape index (κ2) is 6.40. The van der Waals surface area contributed by atoms with Crippen molar-refractivity contribution in [2.24, 2.45) is 0 Å². The Kier molecular flexibility index (Phi) is 3.94. The van der Waals surface area contributed by atoms with Crippen LogP contribution in [0.3, 0.4) is 0 Å². The van der Waals surface area contributed by atoms with Gasteiger partial charge in [-0.3, -0.25) is 0 Å². The monoisotopic (exact) mass is 395 g/mol. The van der Waals surface area contributed by atoms with Gasteiger partial charge in [0.1, 0.15) is 17.2 Å². The lowest BCUT2D eigenvalue weighted by Gasteiger charge is -2.07. The minimum atomic E-state index is -0.610. The van der Waals surface area contributed by atoms with E-state index in [1.807, 2.05) is 17.6 Å². The first kappa shape index (κ1) is 17.8. The SMILES string of the molecule is CCc1cc2[nH]c(-c3nc4cc(C(=O)OC)cc(F)c4n3C3CC3)cc2cc1F. The average Bonchev–Trinajstić information content (AvgIpc) is 3.35. The number of nitrogens with one attached hydrogen (secondary N) is 1. The Balaban J connectivity index is 1.74. The third-order valence-corrected chi connectivity index (χ3v) is 5.48. The van der Waals surface area contributed by atoms with Gasteiger partial charge in [-0.25, -0.2) is 18.6 Å². The zero-order valence-corrected chi connectivity index (χ0v) is 16.1. The highest BCUT2D eigenvalue weighted by molar-refractivity contribution is 5.95. The Labute approximate surface area is 165 Å². The summed E-state index contributed by atoms with van der Waals surface area (Å²) in [5.74, 6) is -0.779. The Hall–Kier alpha value is -3.22. The lowest BCUT2D eigenvalue weighted by molar-refractivity contribution is 0.0600. The summed E-state index contributed by atoms with van der Waals surface area (Å²) in [5.41, 5.74) is 3.02. The molecule has 4 aromatic rings. The molecule has 0 spiro atoms. The van der Waals surface area contributed by atoms with Crippen molar-refractivity contribution in [3.05, 3.63) is 53.1 Å². The molecule has 0 amide bonds. The number of hydrogen-bond acceptors (Lipinski definition) is 3. The van der Waals surface area contributed by atoms with E-state index in [-0.39, 0.29) is 17.4 Å². The molecule has 2 heterocycles. The Morgan fingerprint density at radius 1 is 1.21 bits per heavy atom. The van der Waals surface area contributed by atoms with Crippen molar-refractivity contribution < 1.29 is 18.3 Å². The van der Waals surface area contributed by atoms with E-state index in [1.165, 1.54) is 19.2 Å². The number of hydrogen-bond donors (Lipinski definition) is 1. The molecule has 0 unspecified atom stereocenters. The molecule has 0 atom stereocenters. The Morgan fingerprint density at radius 2 is 2.00 bits per heavy atom. The topological polar surface area (TPSA) is 59.9 Å². The summed E-state index contributed by atoms with van der Waals surface area (Å²) in [4.78, 5) is 19.8. The highest BCUT2D eigenvalue weighted by Crippen LogP contribution is 2.42. The molecule has 0 saturated heterocycles. The summed E-state index contributed by atoms with van der Waals surface area (Å²) in [6, 6.07) is 8.03. The van der Waals surface area contributed by atoms with Gasteiger partial charge in [0.05, 0.1) is 23.9 Å². The molecule has 1 saturated carbocycles. The highest BCUT2D eigenvalue weighted by Gasteiger charge is 2.31. The van der Waals surface area contributed by atoms with Crippen LogP contribution < -0.4 is 0 Å². The average molecular weight is 395 g/mol. The second-order valence-corrected chi connectivity index (χ2v) is 7.42. The van der Waals surface area contributed by atoms with Gasteiger partial charge >= 0.3 is 5.97 Å². The Morgan fingerprint density at radius 3 is 2.69 bits per heavy atom. The first-order valence-electron chi connectivity index (χ1n) is 9.61. The zero-order chi connectivity index (χ0) is 20.3. The van der Waals surface area contributed by atoms with Crippen molar-refractivity contribution in [2.45, 2.75) is 32.2 Å². The van der Waals surface area contributed by atoms with Crippen molar-refractivity contribution in [1.29, 1.82) is 0 Å². The van der Waals surface area contributed by atoms with Gasteiger partial charge in [-0.1, -0.05) is 6.92 Å². The summed E-state index contributed by atoms with van der Waals surface area (Å²) in [5, 5.41) is 0.736. The number of benzene rings is 2. The van der Waals surface area contributed by atoms with Crippen LogP contribution in [0.25, 0.3) is 33.5 Å². The van der Waals surface area contributed by atoms with E-state index in [0.29, 0.717) is 34.5 Å². The van der Waals surface area contributed by atoms with Crippen molar-refractivity contribution in [3.8, 4) is 11.5 Å². The molecule has 148 valence electrons. The molecule has 2 aromatic carbocycles. The third-order valence-electron chi connectivity index (χ3n) is 5.48. The summed E-state index contributed by atoms with van der Waals surface area (Å²) in [7, 11) is 1.26. The molecule has 1 N–H and O–H groups in total. The minimum Gasteiger partial charge on any atom is -0.465 e. The largest absolute Gasteiger partial charge is 0.465 e. The standard InChI is InChI=1S/C22H19F2N3O2/c1-3-11-8-17-12(6-15(11)23)9-19(25-17)21-26-18-10-13(22(28)29-2)7-16(24)20(18)27(21)14-4-5-14/h6-10,14,25H,3-5H2,1-2H3. The van der Waals surface area contributed by atoms with Gasteiger partial charge in [0.15, 0.2) is 5.82 Å². The van der Waals surface area contributed by atoms with E-state index < -0.39 is 11.8 Å². The van der Waals surface area contributed by atoms with E-state index in [2.05, 4.69) is 9.97 Å². The van der Waals surface area contributed by atoms with E-state index in [9.17, 15) is 13.6 Å². The molecule has 2 aromatic heterocycles. The molecule has 1 aliphatic carbocycles. The van der Waals surface area contributed by atoms with Gasteiger partial charge in [-0.05, 0) is 55.2 Å². The molecule has 0 aliphatic heterocycles. The lowest BCUT2D eigenvalue weighted by atomic mass is 10.1. The number of ether oxygens (including phenoxy) is 1. The third kappa shape index (κ3) is 2.80. The van der Waals surface area contributed by atoms with Gasteiger partial charge < -0.3 is 14.3 Å². The number of nitrogens with zero attached hydrogens (tertiary/aromatic N) is 2. The number of H-pyrrole nitrogens is 1. The number of halogens is 2. The molecule has 0 radical (unpaired) electrons. The maximum atomic E-state index is 14.9. The van der Waals surface area contributed by atoms with Crippen LogP contribution in [0.4, 0.5) is 8.78 Å². The van der Waals surface area contributed by atoms with Gasteiger partial charge in [0, 0.05) is 16.9 Å². The van der Waals surface area contributed by atoms with Gasteiger partial charge in [0.2, 0.25) is 0 Å². The van der Waals surface area contributed by atoms with Crippen LogP contribution in [0.1, 0.15) is 41.7 Å².